The van der Waals surface area contributed by atoms with Gasteiger partial charge in [-0.1, -0.05) is 24.3 Å². The molecule has 1 heterocycles. The molecule has 0 aliphatic carbocycles. The van der Waals surface area contributed by atoms with Crippen LogP contribution in [0.2, 0.25) is 0 Å². The summed E-state index contributed by atoms with van der Waals surface area (Å²) in [5, 5.41) is 2.28. The van der Waals surface area contributed by atoms with Gasteiger partial charge in [-0.25, -0.2) is 0 Å². The average Bonchev–Trinajstić information content (AvgIpc) is 2.36. The van der Waals surface area contributed by atoms with E-state index < -0.39 is 0 Å². The van der Waals surface area contributed by atoms with Gasteiger partial charge in [0.05, 0.1) is 12.2 Å². The van der Waals surface area contributed by atoms with E-state index in [1.165, 1.54) is 0 Å². The van der Waals surface area contributed by atoms with Gasteiger partial charge in [0.1, 0.15) is 0 Å². The van der Waals surface area contributed by atoms with Crippen molar-refractivity contribution in [2.24, 2.45) is 0 Å². The second-order valence-electron chi connectivity index (χ2n) is 3.65. The molecule has 0 unspecified atom stereocenters. The van der Waals surface area contributed by atoms with Crippen molar-refractivity contribution in [3.8, 4) is 0 Å². The van der Waals surface area contributed by atoms with Gasteiger partial charge in [-0.05, 0) is 18.4 Å². The Morgan fingerprint density at radius 3 is 2.88 bits per heavy atom. The third kappa shape index (κ3) is 2.03. The van der Waals surface area contributed by atoms with Crippen molar-refractivity contribution in [2.75, 3.05) is 6.54 Å². The zero-order chi connectivity index (χ0) is 11.4. The second kappa shape index (κ2) is 4.75. The number of pyridine rings is 1. The van der Waals surface area contributed by atoms with E-state index in [1.807, 2.05) is 31.2 Å². The minimum absolute atomic E-state index is 0.571. The Kier molecular flexibility index (Phi) is 3.15. The Bertz CT molecular complexity index is 491. The topological polar surface area (TPSA) is 33.2 Å². The number of carbonyl (C=O) groups is 1. The molecule has 1 aromatic carbocycles. The summed E-state index contributed by atoms with van der Waals surface area (Å²) in [6.45, 7) is 3.23. The van der Waals surface area contributed by atoms with E-state index in [4.69, 9.17) is 0 Å². The van der Waals surface area contributed by atoms with Gasteiger partial charge < -0.3 is 4.90 Å². The summed E-state index contributed by atoms with van der Waals surface area (Å²) in [4.78, 5) is 16.8. The number of nitrogens with zero attached hydrogens (tertiary/aromatic N) is 2. The molecule has 82 valence electrons. The zero-order valence-electron chi connectivity index (χ0n) is 9.26. The molecule has 0 fully saturated rings. The van der Waals surface area contributed by atoms with E-state index in [9.17, 15) is 4.79 Å². The molecule has 0 radical (unpaired) electrons. The van der Waals surface area contributed by atoms with Crippen LogP contribution in [0.15, 0.2) is 36.5 Å². The minimum Gasteiger partial charge on any atom is -0.340 e. The quantitative estimate of drug-likeness (QED) is 0.731. The highest BCUT2D eigenvalue weighted by Crippen LogP contribution is 2.17. The van der Waals surface area contributed by atoms with E-state index >= 15 is 0 Å². The van der Waals surface area contributed by atoms with Gasteiger partial charge in [0.25, 0.3) is 0 Å². The number of benzene rings is 1. The molecule has 0 saturated carbocycles. The molecule has 2 rings (SSSR count). The Labute approximate surface area is 94.7 Å². The van der Waals surface area contributed by atoms with Crippen LogP contribution in [-0.4, -0.2) is 22.8 Å². The third-order valence-electron chi connectivity index (χ3n) is 2.66. The summed E-state index contributed by atoms with van der Waals surface area (Å²) in [5.41, 5.74) is 0.951. The van der Waals surface area contributed by atoms with Gasteiger partial charge >= 0.3 is 0 Å². The molecule has 3 heteroatoms. The molecule has 3 nitrogen and oxygen atoms in total. The highest BCUT2D eigenvalue weighted by molar-refractivity contribution is 5.84. The first kappa shape index (κ1) is 10.6. The molecule has 0 N–H and O–H groups in total. The lowest BCUT2D eigenvalue weighted by Gasteiger charge is -2.15. The van der Waals surface area contributed by atoms with Crippen molar-refractivity contribution in [1.29, 1.82) is 0 Å². The van der Waals surface area contributed by atoms with Crippen LogP contribution in [0.1, 0.15) is 12.6 Å². The molecule has 0 aliphatic heterocycles. The molecule has 0 saturated heterocycles. The Morgan fingerprint density at radius 2 is 2.12 bits per heavy atom. The number of hydrogen-bond donors (Lipinski definition) is 0. The Hall–Kier alpha value is -1.90. The fourth-order valence-corrected chi connectivity index (χ4v) is 1.72. The van der Waals surface area contributed by atoms with E-state index in [1.54, 1.807) is 11.1 Å². The summed E-state index contributed by atoms with van der Waals surface area (Å²) in [7, 11) is 0. The maximum atomic E-state index is 10.8. The van der Waals surface area contributed by atoms with E-state index in [0.29, 0.717) is 13.1 Å². The molecular weight excluding hydrogens is 200 g/mol. The van der Waals surface area contributed by atoms with Crippen LogP contribution in [-0.2, 0) is 11.3 Å². The van der Waals surface area contributed by atoms with Crippen LogP contribution in [0, 0.1) is 0 Å². The summed E-state index contributed by atoms with van der Waals surface area (Å²) >= 11 is 0. The monoisotopic (exact) mass is 214 g/mol. The lowest BCUT2D eigenvalue weighted by Crippen LogP contribution is -2.21. The second-order valence-corrected chi connectivity index (χ2v) is 3.65. The minimum atomic E-state index is 0.571. The molecule has 0 atom stereocenters. The number of aromatic nitrogens is 1. The molecule has 0 bridgehead atoms. The van der Waals surface area contributed by atoms with Gasteiger partial charge in [-0.2, -0.15) is 0 Å². The first-order valence-electron chi connectivity index (χ1n) is 5.37. The van der Waals surface area contributed by atoms with Gasteiger partial charge in [-0.3, -0.25) is 9.78 Å². The van der Waals surface area contributed by atoms with Crippen LogP contribution in [0.25, 0.3) is 10.8 Å². The van der Waals surface area contributed by atoms with Gasteiger partial charge in [0.2, 0.25) is 6.41 Å². The van der Waals surface area contributed by atoms with Crippen LogP contribution < -0.4 is 0 Å². The third-order valence-corrected chi connectivity index (χ3v) is 2.66. The molecule has 1 amide bonds. The summed E-state index contributed by atoms with van der Waals surface area (Å²) in [5.74, 6) is 0. The van der Waals surface area contributed by atoms with Crippen molar-refractivity contribution in [1.82, 2.24) is 9.88 Å². The first-order chi connectivity index (χ1) is 7.85. The maximum absolute atomic E-state index is 10.8. The molecule has 2 aromatic rings. The van der Waals surface area contributed by atoms with Crippen LogP contribution in [0.3, 0.4) is 0 Å². The fraction of sp³-hybridized carbons (Fsp3) is 0.231. The van der Waals surface area contributed by atoms with Crippen molar-refractivity contribution >= 4 is 17.2 Å². The SMILES string of the molecule is CCN(C=O)Cc1nccc2ccccc12. The fourth-order valence-electron chi connectivity index (χ4n) is 1.72. The molecule has 16 heavy (non-hydrogen) atoms. The van der Waals surface area contributed by atoms with Gasteiger partial charge in [0, 0.05) is 18.1 Å². The standard InChI is InChI=1S/C13H14N2O/c1-2-15(10-16)9-13-12-6-4-3-5-11(12)7-8-14-13/h3-8,10H,2,9H2,1H3. The predicted molar refractivity (Wildman–Crippen MR) is 63.9 cm³/mol. The van der Waals surface area contributed by atoms with Crippen molar-refractivity contribution < 1.29 is 4.79 Å². The largest absolute Gasteiger partial charge is 0.340 e. The molecule has 0 spiro atoms. The number of amides is 1. The van der Waals surface area contributed by atoms with Crippen LogP contribution >= 0.6 is 0 Å². The predicted octanol–water partition coefficient (Wildman–Crippen LogP) is 2.21. The van der Waals surface area contributed by atoms with Crippen molar-refractivity contribution in [2.45, 2.75) is 13.5 Å². The molecule has 1 aromatic heterocycles. The number of carbonyl (C=O) groups excluding carboxylic acids is 1. The van der Waals surface area contributed by atoms with Crippen LogP contribution in [0.5, 0.6) is 0 Å². The van der Waals surface area contributed by atoms with Crippen molar-refractivity contribution in [3.05, 3.63) is 42.2 Å². The first-order valence-corrected chi connectivity index (χ1v) is 5.37. The number of rotatable bonds is 4. The summed E-state index contributed by atoms with van der Waals surface area (Å²) in [6, 6.07) is 10.1. The normalized spacial score (nSPS) is 10.3. The van der Waals surface area contributed by atoms with Crippen molar-refractivity contribution in [3.63, 3.8) is 0 Å². The van der Waals surface area contributed by atoms with E-state index in [0.717, 1.165) is 22.9 Å². The maximum Gasteiger partial charge on any atom is 0.210 e. The van der Waals surface area contributed by atoms with Gasteiger partial charge in [-0.15, -0.1) is 0 Å². The lowest BCUT2D eigenvalue weighted by atomic mass is 10.1. The summed E-state index contributed by atoms with van der Waals surface area (Å²) < 4.78 is 0. The number of hydrogen-bond acceptors (Lipinski definition) is 2. The molecule has 0 aliphatic rings. The molecular formula is C13H14N2O. The highest BCUT2D eigenvalue weighted by atomic mass is 16.1. The zero-order valence-corrected chi connectivity index (χ0v) is 9.26. The summed E-state index contributed by atoms with van der Waals surface area (Å²) in [6.07, 6.45) is 2.65. The van der Waals surface area contributed by atoms with E-state index in [-0.39, 0.29) is 0 Å². The van der Waals surface area contributed by atoms with E-state index in [2.05, 4.69) is 11.1 Å². The Morgan fingerprint density at radius 1 is 1.31 bits per heavy atom. The average molecular weight is 214 g/mol. The highest BCUT2D eigenvalue weighted by Gasteiger charge is 2.05. The smallest absolute Gasteiger partial charge is 0.210 e. The lowest BCUT2D eigenvalue weighted by molar-refractivity contribution is -0.118. The van der Waals surface area contributed by atoms with Crippen LogP contribution in [0.4, 0.5) is 0 Å². The Balaban J connectivity index is 2.40. The van der Waals surface area contributed by atoms with Gasteiger partial charge in [0.15, 0.2) is 0 Å². The number of fused-ring (bicyclic) bond motifs is 1.